The zero-order chi connectivity index (χ0) is 30.0. The van der Waals surface area contributed by atoms with Gasteiger partial charge < -0.3 is 10.6 Å². The molecule has 9 nitrogen and oxygen atoms in total. The summed E-state index contributed by atoms with van der Waals surface area (Å²) in [5, 5.41) is 5.42. The number of anilines is 1. The molecular formula is C23H23ClF6N6O3S. The van der Waals surface area contributed by atoms with Crippen molar-refractivity contribution >= 4 is 45.7 Å². The van der Waals surface area contributed by atoms with Crippen LogP contribution in [0.2, 0.25) is 5.02 Å². The molecule has 2 aromatic rings. The normalized spacial score (nSPS) is 17.6. The SMILES string of the molecule is Cc1nc(CN2NC(C(F)(F)F)=NC2C(F)(F)F)ccc1NC(=O)c1cccc(Cl)c1C(=O)N[C@@H](C)CS(C)=O. The van der Waals surface area contributed by atoms with Crippen molar-refractivity contribution in [2.75, 3.05) is 17.3 Å². The third-order valence-electron chi connectivity index (χ3n) is 5.43. The molecule has 218 valence electrons. The second-order valence-electron chi connectivity index (χ2n) is 8.80. The summed E-state index contributed by atoms with van der Waals surface area (Å²) in [6, 6.07) is 6.26. The molecule has 3 N–H and O–H groups in total. The van der Waals surface area contributed by atoms with Gasteiger partial charge in [-0.3, -0.25) is 24.2 Å². The van der Waals surface area contributed by atoms with E-state index in [1.807, 2.05) is 0 Å². The van der Waals surface area contributed by atoms with Crippen LogP contribution in [-0.2, 0) is 17.3 Å². The van der Waals surface area contributed by atoms with E-state index in [0.29, 0.717) is 0 Å². The van der Waals surface area contributed by atoms with Gasteiger partial charge in [0.2, 0.25) is 12.0 Å². The standard InChI is InChI=1S/C23H23ClF6N6O3S/c1-11(10-40(3)39)31-19(38)17-14(5-4-6-15(17)24)18(37)33-16-8-7-13(32-12(16)2)9-36-21(23(28,29)30)34-20(35-36)22(25,26)27/h4-8,11,21H,9-10H2,1-3H3,(H,31,38)(H,33,37)(H,34,35)/t11-,21?,40?/m0/s1. The summed E-state index contributed by atoms with van der Waals surface area (Å²) >= 11 is 6.19. The van der Waals surface area contributed by atoms with Gasteiger partial charge in [-0.25, -0.2) is 4.99 Å². The van der Waals surface area contributed by atoms with E-state index in [1.54, 1.807) is 12.3 Å². The number of benzene rings is 1. The zero-order valence-corrected chi connectivity index (χ0v) is 22.6. The summed E-state index contributed by atoms with van der Waals surface area (Å²) in [7, 11) is -1.19. The van der Waals surface area contributed by atoms with Crippen LogP contribution in [0, 0.1) is 6.92 Å². The number of aliphatic imine (C=N–C) groups is 1. The number of carbonyl (C=O) groups is 2. The fourth-order valence-corrected chi connectivity index (χ4v) is 4.81. The van der Waals surface area contributed by atoms with Gasteiger partial charge in [-0.05, 0) is 38.1 Å². The molecule has 1 aromatic carbocycles. The number of halogens is 7. The monoisotopic (exact) mass is 612 g/mol. The molecule has 0 saturated carbocycles. The highest BCUT2D eigenvalue weighted by Crippen LogP contribution is 2.32. The van der Waals surface area contributed by atoms with E-state index in [4.69, 9.17) is 11.6 Å². The maximum absolute atomic E-state index is 13.3. The number of hydrogen-bond donors (Lipinski definition) is 3. The molecule has 2 unspecified atom stereocenters. The predicted octanol–water partition coefficient (Wildman–Crippen LogP) is 3.96. The molecule has 0 aliphatic carbocycles. The molecule has 1 aromatic heterocycles. The topological polar surface area (TPSA) is 116 Å². The first-order valence-corrected chi connectivity index (χ1v) is 13.5. The van der Waals surface area contributed by atoms with E-state index < -0.39 is 59.6 Å². The lowest BCUT2D eigenvalue weighted by molar-refractivity contribution is -0.183. The predicted molar refractivity (Wildman–Crippen MR) is 136 cm³/mol. The number of pyridine rings is 1. The first kappa shape index (κ1) is 31.3. The number of hydrazine groups is 1. The summed E-state index contributed by atoms with van der Waals surface area (Å²) in [6.45, 7) is 2.37. The van der Waals surface area contributed by atoms with Gasteiger partial charge >= 0.3 is 12.4 Å². The van der Waals surface area contributed by atoms with E-state index in [1.165, 1.54) is 43.5 Å². The van der Waals surface area contributed by atoms with Gasteiger partial charge in [-0.1, -0.05) is 17.7 Å². The number of hydrogen-bond acceptors (Lipinski definition) is 7. The minimum Gasteiger partial charge on any atom is -0.349 e. The average molecular weight is 613 g/mol. The Morgan fingerprint density at radius 1 is 1.15 bits per heavy atom. The van der Waals surface area contributed by atoms with Gasteiger partial charge in [-0.2, -0.15) is 31.4 Å². The third-order valence-corrected chi connectivity index (χ3v) is 6.71. The second kappa shape index (κ2) is 12.1. The summed E-state index contributed by atoms with van der Waals surface area (Å²) in [5.41, 5.74) is 1.63. The van der Waals surface area contributed by atoms with E-state index in [0.717, 1.165) is 0 Å². The Morgan fingerprint density at radius 2 is 1.82 bits per heavy atom. The van der Waals surface area contributed by atoms with Gasteiger partial charge in [0.15, 0.2) is 0 Å². The molecule has 17 heteroatoms. The van der Waals surface area contributed by atoms with Gasteiger partial charge in [0.25, 0.3) is 11.8 Å². The third kappa shape index (κ3) is 7.69. The van der Waals surface area contributed by atoms with Crippen molar-refractivity contribution in [3.05, 3.63) is 57.9 Å². The Kier molecular flexibility index (Phi) is 9.46. The molecule has 0 spiro atoms. The van der Waals surface area contributed by atoms with Crippen molar-refractivity contribution < 1.29 is 40.1 Å². The van der Waals surface area contributed by atoms with Crippen molar-refractivity contribution in [2.45, 2.75) is 45.0 Å². The molecule has 0 saturated heterocycles. The Bertz CT molecular complexity index is 1350. The van der Waals surface area contributed by atoms with Crippen molar-refractivity contribution in [1.82, 2.24) is 20.7 Å². The largest absolute Gasteiger partial charge is 0.450 e. The Morgan fingerprint density at radius 3 is 2.40 bits per heavy atom. The van der Waals surface area contributed by atoms with E-state index in [2.05, 4.69) is 20.6 Å². The summed E-state index contributed by atoms with van der Waals surface area (Å²) in [6.07, 6.45) is -11.5. The van der Waals surface area contributed by atoms with Crippen LogP contribution < -0.4 is 16.1 Å². The fraction of sp³-hybridized carbons (Fsp3) is 0.391. The number of nitrogens with one attached hydrogen (secondary N) is 3. The molecule has 2 heterocycles. The van der Waals surface area contributed by atoms with Crippen molar-refractivity contribution in [2.24, 2.45) is 4.99 Å². The van der Waals surface area contributed by atoms with Crippen LogP contribution in [0.15, 0.2) is 35.3 Å². The molecule has 1 aliphatic heterocycles. The summed E-state index contributed by atoms with van der Waals surface area (Å²) < 4.78 is 90.1. The lowest BCUT2D eigenvalue weighted by Gasteiger charge is -2.24. The summed E-state index contributed by atoms with van der Waals surface area (Å²) in [5.74, 6) is -3.03. The van der Waals surface area contributed by atoms with Crippen molar-refractivity contribution in [1.29, 1.82) is 0 Å². The van der Waals surface area contributed by atoms with Crippen LogP contribution in [-0.4, -0.2) is 68.4 Å². The molecule has 1 aliphatic rings. The number of amidine groups is 1. The highest BCUT2D eigenvalue weighted by molar-refractivity contribution is 7.84. The lowest BCUT2D eigenvalue weighted by Crippen LogP contribution is -2.48. The number of amides is 2. The van der Waals surface area contributed by atoms with Crippen LogP contribution in [0.5, 0.6) is 0 Å². The second-order valence-corrected chi connectivity index (χ2v) is 10.7. The molecule has 2 amide bonds. The van der Waals surface area contributed by atoms with E-state index in [9.17, 15) is 40.1 Å². The maximum Gasteiger partial charge on any atom is 0.450 e. The Labute approximate surface area is 231 Å². The van der Waals surface area contributed by atoms with Crippen LogP contribution in [0.1, 0.15) is 39.0 Å². The Balaban J connectivity index is 1.78. The zero-order valence-electron chi connectivity index (χ0n) is 21.1. The molecule has 40 heavy (non-hydrogen) atoms. The minimum absolute atomic E-state index is 0.0158. The van der Waals surface area contributed by atoms with Gasteiger partial charge in [-0.15, -0.1) is 0 Å². The van der Waals surface area contributed by atoms with Crippen molar-refractivity contribution in [3.63, 3.8) is 0 Å². The number of aromatic nitrogens is 1. The molecule has 0 radical (unpaired) electrons. The fourth-order valence-electron chi connectivity index (χ4n) is 3.76. The first-order valence-electron chi connectivity index (χ1n) is 11.4. The summed E-state index contributed by atoms with van der Waals surface area (Å²) in [4.78, 5) is 32.7. The van der Waals surface area contributed by atoms with Crippen LogP contribution in [0.3, 0.4) is 0 Å². The van der Waals surface area contributed by atoms with Gasteiger partial charge in [0.1, 0.15) is 0 Å². The quantitative estimate of drug-likeness (QED) is 0.389. The average Bonchev–Trinajstić information content (AvgIpc) is 3.25. The van der Waals surface area contributed by atoms with E-state index in [-0.39, 0.29) is 44.0 Å². The van der Waals surface area contributed by atoms with Crippen molar-refractivity contribution in [3.8, 4) is 0 Å². The smallest absolute Gasteiger partial charge is 0.349 e. The number of carbonyl (C=O) groups excluding carboxylic acids is 2. The highest BCUT2D eigenvalue weighted by atomic mass is 35.5. The number of aryl methyl sites for hydroxylation is 1. The van der Waals surface area contributed by atoms with Crippen LogP contribution in [0.25, 0.3) is 0 Å². The highest BCUT2D eigenvalue weighted by Gasteiger charge is 2.52. The maximum atomic E-state index is 13.3. The van der Waals surface area contributed by atoms with Gasteiger partial charge in [0, 0.05) is 28.9 Å². The molecule has 3 rings (SSSR count). The molecule has 0 bridgehead atoms. The minimum atomic E-state index is -5.11. The lowest BCUT2D eigenvalue weighted by atomic mass is 10.1. The van der Waals surface area contributed by atoms with Crippen LogP contribution in [0.4, 0.5) is 32.0 Å². The number of alkyl halides is 6. The van der Waals surface area contributed by atoms with Gasteiger partial charge in [0.05, 0.1) is 39.8 Å². The van der Waals surface area contributed by atoms with E-state index >= 15 is 0 Å². The number of rotatable bonds is 8. The molecule has 3 atom stereocenters. The number of nitrogens with zero attached hydrogens (tertiary/aromatic N) is 3. The molecular weight excluding hydrogens is 590 g/mol. The first-order chi connectivity index (χ1) is 18.5. The van der Waals surface area contributed by atoms with Crippen LogP contribution >= 0.6 is 11.6 Å². The Hall–Kier alpha value is -3.24. The molecule has 0 fully saturated rings.